The molecule has 16 heavy (non-hydrogen) atoms. The number of aromatic amines is 1. The Morgan fingerprint density at radius 3 is 2.69 bits per heavy atom. The maximum Gasteiger partial charge on any atom is 0.265 e. The van der Waals surface area contributed by atoms with Crippen molar-refractivity contribution in [2.24, 2.45) is 0 Å². The van der Waals surface area contributed by atoms with E-state index in [4.69, 9.17) is 11.6 Å². The molecule has 0 amide bonds. The Bertz CT molecular complexity index is 581. The summed E-state index contributed by atoms with van der Waals surface area (Å²) in [4.78, 5) is 0.0624. The minimum atomic E-state index is -3.62. The highest BCUT2D eigenvalue weighted by molar-refractivity contribution is 7.92. The van der Waals surface area contributed by atoms with Crippen molar-refractivity contribution < 1.29 is 8.42 Å². The minimum absolute atomic E-state index is 0.0624. The second kappa shape index (κ2) is 4.15. The molecule has 2 aromatic rings. The molecule has 0 fully saturated rings. The van der Waals surface area contributed by atoms with Gasteiger partial charge in [0.15, 0.2) is 0 Å². The van der Waals surface area contributed by atoms with E-state index in [2.05, 4.69) is 14.9 Å². The molecule has 0 unspecified atom stereocenters. The molecular weight excluding hydrogens is 250 g/mol. The standard InChI is InChI=1S/C9H8ClN3O2S/c10-8-3-1-2-4-9(8)13-16(14,15)7-5-11-12-6-7/h1-6,13H,(H,11,12). The summed E-state index contributed by atoms with van der Waals surface area (Å²) in [5.41, 5.74) is 0.338. The lowest BCUT2D eigenvalue weighted by Crippen LogP contribution is -2.12. The molecule has 0 aliphatic heterocycles. The van der Waals surface area contributed by atoms with Gasteiger partial charge >= 0.3 is 0 Å². The zero-order valence-electron chi connectivity index (χ0n) is 8.01. The summed E-state index contributed by atoms with van der Waals surface area (Å²) in [5.74, 6) is 0. The normalized spacial score (nSPS) is 11.3. The van der Waals surface area contributed by atoms with Crippen molar-refractivity contribution in [2.75, 3.05) is 4.72 Å². The van der Waals surface area contributed by atoms with Gasteiger partial charge in [0.25, 0.3) is 10.0 Å². The molecule has 5 nitrogen and oxygen atoms in total. The Hall–Kier alpha value is -1.53. The molecule has 84 valence electrons. The number of H-pyrrole nitrogens is 1. The number of nitrogens with one attached hydrogen (secondary N) is 2. The van der Waals surface area contributed by atoms with Crippen LogP contribution in [0.4, 0.5) is 5.69 Å². The van der Waals surface area contributed by atoms with Crippen molar-refractivity contribution in [3.05, 3.63) is 41.7 Å². The number of hydrogen-bond donors (Lipinski definition) is 2. The van der Waals surface area contributed by atoms with E-state index in [1.54, 1.807) is 24.3 Å². The molecule has 0 spiro atoms. The van der Waals surface area contributed by atoms with Crippen LogP contribution in [0.1, 0.15) is 0 Å². The van der Waals surface area contributed by atoms with Crippen molar-refractivity contribution in [2.45, 2.75) is 4.90 Å². The van der Waals surface area contributed by atoms with Crippen LogP contribution in [0.3, 0.4) is 0 Å². The van der Waals surface area contributed by atoms with Gasteiger partial charge in [0.1, 0.15) is 4.90 Å². The van der Waals surface area contributed by atoms with E-state index < -0.39 is 10.0 Å². The zero-order valence-corrected chi connectivity index (χ0v) is 9.59. The van der Waals surface area contributed by atoms with Gasteiger partial charge in [-0.3, -0.25) is 9.82 Å². The van der Waals surface area contributed by atoms with E-state index >= 15 is 0 Å². The second-order valence-corrected chi connectivity index (χ2v) is 5.11. The van der Waals surface area contributed by atoms with E-state index in [1.165, 1.54) is 12.4 Å². The summed E-state index contributed by atoms with van der Waals surface area (Å²) in [7, 11) is -3.62. The molecule has 1 aromatic heterocycles. The Balaban J connectivity index is 2.33. The van der Waals surface area contributed by atoms with Crippen LogP contribution in [-0.2, 0) is 10.0 Å². The van der Waals surface area contributed by atoms with E-state index in [1.807, 2.05) is 0 Å². The van der Waals surface area contributed by atoms with E-state index in [0.29, 0.717) is 10.7 Å². The van der Waals surface area contributed by atoms with Gasteiger partial charge in [0.05, 0.1) is 16.9 Å². The first-order chi connectivity index (χ1) is 7.59. The molecule has 0 bridgehead atoms. The van der Waals surface area contributed by atoms with Crippen LogP contribution in [0.5, 0.6) is 0 Å². The van der Waals surface area contributed by atoms with Gasteiger partial charge in [-0.25, -0.2) is 8.42 Å². The number of rotatable bonds is 3. The SMILES string of the molecule is O=S(=O)(Nc1ccccc1Cl)c1cn[nH]c1. The number of sulfonamides is 1. The summed E-state index contributed by atoms with van der Waals surface area (Å²) >= 11 is 5.84. The summed E-state index contributed by atoms with van der Waals surface area (Å²) in [5, 5.41) is 6.35. The predicted octanol–water partition coefficient (Wildman–Crippen LogP) is 1.86. The zero-order chi connectivity index (χ0) is 11.6. The predicted molar refractivity (Wildman–Crippen MR) is 60.8 cm³/mol. The molecule has 0 aliphatic rings. The van der Waals surface area contributed by atoms with Crippen LogP contribution < -0.4 is 4.72 Å². The Labute approximate surface area is 97.5 Å². The number of halogens is 1. The van der Waals surface area contributed by atoms with Crippen LogP contribution in [0.25, 0.3) is 0 Å². The van der Waals surface area contributed by atoms with Gasteiger partial charge in [-0.1, -0.05) is 23.7 Å². The van der Waals surface area contributed by atoms with E-state index in [-0.39, 0.29) is 4.90 Å². The maximum absolute atomic E-state index is 11.8. The molecule has 0 atom stereocenters. The second-order valence-electron chi connectivity index (χ2n) is 3.02. The first kappa shape index (κ1) is 11.0. The fraction of sp³-hybridized carbons (Fsp3) is 0. The molecule has 1 heterocycles. The lowest BCUT2D eigenvalue weighted by Gasteiger charge is -2.07. The average Bonchev–Trinajstić information content (AvgIpc) is 2.75. The minimum Gasteiger partial charge on any atom is -0.284 e. The summed E-state index contributed by atoms with van der Waals surface area (Å²) in [6.45, 7) is 0. The number of para-hydroxylation sites is 1. The quantitative estimate of drug-likeness (QED) is 0.881. The molecule has 2 N–H and O–H groups in total. The van der Waals surface area contributed by atoms with Crippen molar-refractivity contribution in [1.29, 1.82) is 0 Å². The Morgan fingerprint density at radius 2 is 2.06 bits per heavy atom. The molecule has 7 heteroatoms. The van der Waals surface area contributed by atoms with Gasteiger partial charge in [-0.15, -0.1) is 0 Å². The third kappa shape index (κ3) is 2.17. The van der Waals surface area contributed by atoms with Gasteiger partial charge in [-0.05, 0) is 12.1 Å². The highest BCUT2D eigenvalue weighted by Crippen LogP contribution is 2.23. The maximum atomic E-state index is 11.8. The molecule has 0 saturated carbocycles. The van der Waals surface area contributed by atoms with Crippen LogP contribution in [-0.4, -0.2) is 18.6 Å². The molecule has 0 aliphatic carbocycles. The largest absolute Gasteiger partial charge is 0.284 e. The van der Waals surface area contributed by atoms with E-state index in [0.717, 1.165) is 0 Å². The van der Waals surface area contributed by atoms with E-state index in [9.17, 15) is 8.42 Å². The van der Waals surface area contributed by atoms with Crippen molar-refractivity contribution in [3.63, 3.8) is 0 Å². The first-order valence-electron chi connectivity index (χ1n) is 4.36. The first-order valence-corrected chi connectivity index (χ1v) is 6.22. The third-order valence-electron chi connectivity index (χ3n) is 1.90. The highest BCUT2D eigenvalue weighted by Gasteiger charge is 2.16. The lowest BCUT2D eigenvalue weighted by molar-refractivity contribution is 0.601. The molecule has 1 aromatic carbocycles. The van der Waals surface area contributed by atoms with Crippen LogP contribution >= 0.6 is 11.6 Å². The van der Waals surface area contributed by atoms with Crippen molar-refractivity contribution in [1.82, 2.24) is 10.2 Å². The highest BCUT2D eigenvalue weighted by atomic mass is 35.5. The monoisotopic (exact) mass is 257 g/mol. The topological polar surface area (TPSA) is 74.8 Å². The number of aromatic nitrogens is 2. The Morgan fingerprint density at radius 1 is 1.31 bits per heavy atom. The Kier molecular flexibility index (Phi) is 2.84. The fourth-order valence-electron chi connectivity index (χ4n) is 1.13. The van der Waals surface area contributed by atoms with Crippen LogP contribution in [0, 0.1) is 0 Å². The molecular formula is C9H8ClN3O2S. The smallest absolute Gasteiger partial charge is 0.265 e. The molecule has 2 rings (SSSR count). The summed E-state index contributed by atoms with van der Waals surface area (Å²) < 4.78 is 25.9. The fourth-order valence-corrected chi connectivity index (χ4v) is 2.36. The average molecular weight is 258 g/mol. The lowest BCUT2D eigenvalue weighted by atomic mass is 10.3. The van der Waals surface area contributed by atoms with Crippen molar-refractivity contribution in [3.8, 4) is 0 Å². The summed E-state index contributed by atoms with van der Waals surface area (Å²) in [6.07, 6.45) is 2.51. The molecule has 0 radical (unpaired) electrons. The van der Waals surface area contributed by atoms with Gasteiger partial charge in [-0.2, -0.15) is 5.10 Å². The van der Waals surface area contributed by atoms with Gasteiger partial charge in [0, 0.05) is 6.20 Å². The van der Waals surface area contributed by atoms with Crippen LogP contribution in [0.2, 0.25) is 5.02 Å². The summed E-state index contributed by atoms with van der Waals surface area (Å²) in [6, 6.07) is 6.60. The van der Waals surface area contributed by atoms with Gasteiger partial charge in [0.2, 0.25) is 0 Å². The number of nitrogens with zero attached hydrogens (tertiary/aromatic N) is 1. The number of anilines is 1. The third-order valence-corrected chi connectivity index (χ3v) is 3.56. The van der Waals surface area contributed by atoms with Gasteiger partial charge < -0.3 is 0 Å². The van der Waals surface area contributed by atoms with Crippen molar-refractivity contribution >= 4 is 27.3 Å². The van der Waals surface area contributed by atoms with Crippen LogP contribution in [0.15, 0.2) is 41.6 Å². The molecule has 0 saturated heterocycles. The number of hydrogen-bond acceptors (Lipinski definition) is 3. The number of benzene rings is 1.